The molecule has 1 N–H and O–H groups in total. The molecule has 0 heterocycles. The van der Waals surface area contributed by atoms with Gasteiger partial charge in [0.15, 0.2) is 0 Å². The number of nitrogens with one attached hydrogen (secondary N) is 1. The summed E-state index contributed by atoms with van der Waals surface area (Å²) in [6.07, 6.45) is 0. The van der Waals surface area contributed by atoms with E-state index in [1.807, 2.05) is 45.2 Å². The Morgan fingerprint density at radius 1 is 1.15 bits per heavy atom. The predicted octanol–water partition coefficient (Wildman–Crippen LogP) is 5.23. The highest BCUT2D eigenvalue weighted by Gasteiger charge is 2.08. The molecular weight excluding hydrogens is 338 g/mol. The van der Waals surface area contributed by atoms with Crippen LogP contribution in [0.5, 0.6) is 11.5 Å². The zero-order valence-corrected chi connectivity index (χ0v) is 14.1. The van der Waals surface area contributed by atoms with Crippen LogP contribution < -0.4 is 10.1 Å². The van der Waals surface area contributed by atoms with E-state index in [0.717, 1.165) is 38.7 Å². The van der Waals surface area contributed by atoms with E-state index in [1.54, 1.807) is 0 Å². The molecule has 20 heavy (non-hydrogen) atoms. The van der Waals surface area contributed by atoms with E-state index < -0.39 is 0 Å². The van der Waals surface area contributed by atoms with Gasteiger partial charge >= 0.3 is 0 Å². The molecule has 0 fully saturated rings. The second-order valence-corrected chi connectivity index (χ2v) is 6.05. The first-order valence-electron chi connectivity index (χ1n) is 6.39. The molecule has 0 aliphatic carbocycles. The third-order valence-electron chi connectivity index (χ3n) is 3.04. The lowest BCUT2D eigenvalue weighted by molar-refractivity contribution is 0.474. The molecule has 0 aromatic heterocycles. The van der Waals surface area contributed by atoms with E-state index in [0.29, 0.717) is 0 Å². The maximum atomic E-state index is 6.04. The SMILES string of the molecule is CNCc1ccc(Oc2c(C)cc(Cl)cc2C)cc1Br. The third kappa shape index (κ3) is 3.54. The summed E-state index contributed by atoms with van der Waals surface area (Å²) in [6, 6.07) is 9.84. The molecule has 0 amide bonds. The summed E-state index contributed by atoms with van der Waals surface area (Å²) in [4.78, 5) is 0. The van der Waals surface area contributed by atoms with E-state index in [2.05, 4.69) is 27.3 Å². The van der Waals surface area contributed by atoms with Crippen LogP contribution in [-0.4, -0.2) is 7.05 Å². The standard InChI is InChI=1S/C16H17BrClNO/c1-10-6-13(18)7-11(2)16(10)20-14-5-4-12(9-19-3)15(17)8-14/h4-8,19H,9H2,1-3H3. The fraction of sp³-hybridized carbons (Fsp3) is 0.250. The Hall–Kier alpha value is -1.03. The molecule has 106 valence electrons. The lowest BCUT2D eigenvalue weighted by Gasteiger charge is -2.13. The summed E-state index contributed by atoms with van der Waals surface area (Å²) in [6.45, 7) is 4.82. The van der Waals surface area contributed by atoms with Crippen LogP contribution in [0.1, 0.15) is 16.7 Å². The van der Waals surface area contributed by atoms with Crippen molar-refractivity contribution in [2.24, 2.45) is 0 Å². The first kappa shape index (κ1) is 15.4. The van der Waals surface area contributed by atoms with Crippen molar-refractivity contribution in [2.45, 2.75) is 20.4 Å². The summed E-state index contributed by atoms with van der Waals surface area (Å²) in [5.74, 6) is 1.67. The van der Waals surface area contributed by atoms with Crippen molar-refractivity contribution in [3.63, 3.8) is 0 Å². The minimum atomic E-state index is 0.734. The number of benzene rings is 2. The van der Waals surface area contributed by atoms with Gasteiger partial charge in [-0.25, -0.2) is 0 Å². The van der Waals surface area contributed by atoms with Crippen LogP contribution in [0.4, 0.5) is 0 Å². The van der Waals surface area contributed by atoms with Gasteiger partial charge in [-0.05, 0) is 61.9 Å². The number of aryl methyl sites for hydroxylation is 2. The topological polar surface area (TPSA) is 21.3 Å². The smallest absolute Gasteiger partial charge is 0.133 e. The fourth-order valence-electron chi connectivity index (χ4n) is 2.10. The van der Waals surface area contributed by atoms with Gasteiger partial charge in [0.25, 0.3) is 0 Å². The minimum absolute atomic E-state index is 0.734. The van der Waals surface area contributed by atoms with Crippen molar-refractivity contribution in [2.75, 3.05) is 7.05 Å². The molecule has 0 radical (unpaired) electrons. The summed E-state index contributed by atoms with van der Waals surface area (Å²) < 4.78 is 7.04. The number of hydrogen-bond donors (Lipinski definition) is 1. The predicted molar refractivity (Wildman–Crippen MR) is 87.9 cm³/mol. The van der Waals surface area contributed by atoms with E-state index in [1.165, 1.54) is 5.56 Å². The van der Waals surface area contributed by atoms with Gasteiger partial charge in [0.2, 0.25) is 0 Å². The van der Waals surface area contributed by atoms with Gasteiger partial charge in [-0.1, -0.05) is 33.6 Å². The maximum Gasteiger partial charge on any atom is 0.133 e. The molecule has 2 rings (SSSR count). The van der Waals surface area contributed by atoms with Crippen LogP contribution in [0.3, 0.4) is 0 Å². The van der Waals surface area contributed by atoms with Crippen LogP contribution in [0, 0.1) is 13.8 Å². The fourth-order valence-corrected chi connectivity index (χ4v) is 2.93. The second-order valence-electron chi connectivity index (χ2n) is 4.75. The Bertz CT molecular complexity index is 605. The van der Waals surface area contributed by atoms with Crippen LogP contribution in [0.2, 0.25) is 5.02 Å². The highest BCUT2D eigenvalue weighted by atomic mass is 79.9. The van der Waals surface area contributed by atoms with Gasteiger partial charge in [0.1, 0.15) is 11.5 Å². The molecule has 4 heteroatoms. The summed E-state index contributed by atoms with van der Waals surface area (Å²) >= 11 is 9.60. The summed E-state index contributed by atoms with van der Waals surface area (Å²) in [5.41, 5.74) is 3.26. The third-order valence-corrected chi connectivity index (χ3v) is 3.99. The van der Waals surface area contributed by atoms with Crippen LogP contribution in [-0.2, 0) is 6.54 Å². The van der Waals surface area contributed by atoms with Gasteiger partial charge < -0.3 is 10.1 Å². The van der Waals surface area contributed by atoms with Crippen molar-refractivity contribution in [1.29, 1.82) is 0 Å². The first-order valence-corrected chi connectivity index (χ1v) is 7.56. The zero-order chi connectivity index (χ0) is 14.7. The van der Waals surface area contributed by atoms with Crippen molar-refractivity contribution in [3.8, 4) is 11.5 Å². The van der Waals surface area contributed by atoms with E-state index in [4.69, 9.17) is 16.3 Å². The summed E-state index contributed by atoms with van der Waals surface area (Å²) in [7, 11) is 1.93. The monoisotopic (exact) mass is 353 g/mol. The number of ether oxygens (including phenoxy) is 1. The van der Waals surface area contributed by atoms with Gasteiger partial charge in [-0.2, -0.15) is 0 Å². The molecule has 0 bridgehead atoms. The molecule has 2 aromatic carbocycles. The van der Waals surface area contributed by atoms with Crippen molar-refractivity contribution in [1.82, 2.24) is 5.32 Å². The van der Waals surface area contributed by atoms with Crippen molar-refractivity contribution < 1.29 is 4.74 Å². The number of halogens is 2. The molecule has 0 saturated carbocycles. The zero-order valence-electron chi connectivity index (χ0n) is 11.8. The molecule has 0 atom stereocenters. The van der Waals surface area contributed by atoms with Gasteiger partial charge in [-0.3, -0.25) is 0 Å². The molecule has 0 unspecified atom stereocenters. The maximum absolute atomic E-state index is 6.04. The highest BCUT2D eigenvalue weighted by molar-refractivity contribution is 9.10. The Kier molecular flexibility index (Phi) is 5.08. The Morgan fingerprint density at radius 2 is 1.80 bits per heavy atom. The Labute approximate surface area is 133 Å². The van der Waals surface area contributed by atoms with Crippen LogP contribution in [0.15, 0.2) is 34.8 Å². The molecule has 2 nitrogen and oxygen atoms in total. The van der Waals surface area contributed by atoms with Crippen molar-refractivity contribution in [3.05, 3.63) is 56.5 Å². The number of hydrogen-bond acceptors (Lipinski definition) is 2. The average molecular weight is 355 g/mol. The molecular formula is C16H17BrClNO. The largest absolute Gasteiger partial charge is 0.457 e. The molecule has 0 spiro atoms. The first-order chi connectivity index (χ1) is 9.51. The molecule has 0 aliphatic rings. The van der Waals surface area contributed by atoms with Crippen LogP contribution >= 0.6 is 27.5 Å². The lowest BCUT2D eigenvalue weighted by Crippen LogP contribution is -2.05. The van der Waals surface area contributed by atoms with Gasteiger partial charge in [-0.15, -0.1) is 0 Å². The second kappa shape index (κ2) is 6.61. The normalized spacial score (nSPS) is 10.7. The van der Waals surface area contributed by atoms with E-state index in [9.17, 15) is 0 Å². The molecule has 2 aromatic rings. The average Bonchev–Trinajstić information content (AvgIpc) is 2.37. The minimum Gasteiger partial charge on any atom is -0.457 e. The van der Waals surface area contributed by atoms with Crippen LogP contribution in [0.25, 0.3) is 0 Å². The Morgan fingerprint density at radius 3 is 2.35 bits per heavy atom. The molecule has 0 aliphatic heterocycles. The highest BCUT2D eigenvalue weighted by Crippen LogP contribution is 2.33. The van der Waals surface area contributed by atoms with E-state index >= 15 is 0 Å². The van der Waals surface area contributed by atoms with Crippen molar-refractivity contribution >= 4 is 27.5 Å². The van der Waals surface area contributed by atoms with Gasteiger partial charge in [0, 0.05) is 16.0 Å². The van der Waals surface area contributed by atoms with E-state index in [-0.39, 0.29) is 0 Å². The molecule has 0 saturated heterocycles. The Balaban J connectivity index is 2.29. The quantitative estimate of drug-likeness (QED) is 0.811. The van der Waals surface area contributed by atoms with Gasteiger partial charge in [0.05, 0.1) is 0 Å². The number of rotatable bonds is 4. The lowest BCUT2D eigenvalue weighted by atomic mass is 10.1. The summed E-state index contributed by atoms with van der Waals surface area (Å²) in [5, 5.41) is 3.87.